The van der Waals surface area contributed by atoms with Gasteiger partial charge in [0.25, 0.3) is 0 Å². The number of hydrogen-bond acceptors (Lipinski definition) is 3. The third-order valence-corrected chi connectivity index (χ3v) is 3.15. The molecule has 0 bridgehead atoms. The zero-order valence-corrected chi connectivity index (χ0v) is 11.7. The van der Waals surface area contributed by atoms with Crippen LogP contribution >= 0.6 is 0 Å². The number of aromatic nitrogens is 1. The summed E-state index contributed by atoms with van der Waals surface area (Å²) in [4.78, 5) is 14.5. The van der Waals surface area contributed by atoms with E-state index in [-0.39, 0.29) is 17.8 Å². The van der Waals surface area contributed by atoms with Crippen LogP contribution in [0.25, 0.3) is 0 Å². The van der Waals surface area contributed by atoms with Gasteiger partial charge in [0.2, 0.25) is 5.43 Å². The molecule has 4 heteroatoms. The Morgan fingerprint density at radius 3 is 2.50 bits per heavy atom. The normalized spacial score (nSPS) is 10.8. The molecule has 2 N–H and O–H groups in total. The summed E-state index contributed by atoms with van der Waals surface area (Å²) in [5.74, 6) is 0.758. The lowest BCUT2D eigenvalue weighted by Crippen LogP contribution is -2.09. The summed E-state index contributed by atoms with van der Waals surface area (Å²) in [5.41, 5.74) is 2.54. The first kappa shape index (κ1) is 14.3. The number of aliphatic hydroxyl groups excluding tert-OH is 1. The first-order valence-electron chi connectivity index (χ1n) is 6.64. The molecule has 106 valence electrons. The fraction of sp³-hybridized carbons (Fsp3) is 0.312. The lowest BCUT2D eigenvalue weighted by atomic mass is 10.0. The molecule has 20 heavy (non-hydrogen) atoms. The third kappa shape index (κ3) is 3.48. The van der Waals surface area contributed by atoms with Gasteiger partial charge in [-0.15, -0.1) is 0 Å². The van der Waals surface area contributed by atoms with E-state index in [1.54, 1.807) is 0 Å². The number of ether oxygens (including phenoxy) is 1. The van der Waals surface area contributed by atoms with Crippen LogP contribution in [0.2, 0.25) is 0 Å². The number of pyridine rings is 1. The Kier molecular flexibility index (Phi) is 4.58. The molecule has 0 saturated carbocycles. The van der Waals surface area contributed by atoms with Crippen LogP contribution in [0.3, 0.4) is 0 Å². The van der Waals surface area contributed by atoms with Gasteiger partial charge in [-0.1, -0.05) is 38.1 Å². The Morgan fingerprint density at radius 1 is 1.25 bits per heavy atom. The Morgan fingerprint density at radius 2 is 1.95 bits per heavy atom. The average molecular weight is 273 g/mol. The van der Waals surface area contributed by atoms with Crippen molar-refractivity contribution in [1.82, 2.24) is 4.98 Å². The number of hydrogen-bond donors (Lipinski definition) is 2. The van der Waals surface area contributed by atoms with Gasteiger partial charge < -0.3 is 14.8 Å². The van der Waals surface area contributed by atoms with E-state index < -0.39 is 0 Å². The predicted octanol–water partition coefficient (Wildman–Crippen LogP) is 2.57. The van der Waals surface area contributed by atoms with Gasteiger partial charge in [0, 0.05) is 18.0 Å². The smallest absolute Gasteiger partial charge is 0.223 e. The molecule has 0 saturated heterocycles. The average Bonchev–Trinajstić information content (AvgIpc) is 2.46. The van der Waals surface area contributed by atoms with Crippen molar-refractivity contribution in [1.29, 1.82) is 0 Å². The monoisotopic (exact) mass is 273 g/mol. The summed E-state index contributed by atoms with van der Waals surface area (Å²) in [6, 6.07) is 9.50. The van der Waals surface area contributed by atoms with Crippen molar-refractivity contribution < 1.29 is 9.84 Å². The predicted molar refractivity (Wildman–Crippen MR) is 77.8 cm³/mol. The molecule has 2 rings (SSSR count). The zero-order chi connectivity index (χ0) is 14.5. The van der Waals surface area contributed by atoms with E-state index in [1.807, 2.05) is 12.1 Å². The van der Waals surface area contributed by atoms with Gasteiger partial charge in [-0.3, -0.25) is 4.79 Å². The molecule has 0 spiro atoms. The fourth-order valence-corrected chi connectivity index (χ4v) is 1.86. The van der Waals surface area contributed by atoms with Crippen LogP contribution in [-0.2, 0) is 13.2 Å². The van der Waals surface area contributed by atoms with Crippen LogP contribution in [0.15, 0.2) is 41.3 Å². The van der Waals surface area contributed by atoms with E-state index >= 15 is 0 Å². The van der Waals surface area contributed by atoms with Gasteiger partial charge in [-0.2, -0.15) is 0 Å². The van der Waals surface area contributed by atoms with Crippen molar-refractivity contribution in [2.24, 2.45) is 0 Å². The van der Waals surface area contributed by atoms with Gasteiger partial charge >= 0.3 is 0 Å². The Bertz CT molecular complexity index is 614. The van der Waals surface area contributed by atoms with Gasteiger partial charge in [-0.05, 0) is 17.0 Å². The molecule has 0 aliphatic rings. The fourth-order valence-electron chi connectivity index (χ4n) is 1.86. The van der Waals surface area contributed by atoms with E-state index in [1.165, 1.54) is 17.8 Å². The van der Waals surface area contributed by atoms with Crippen LogP contribution in [0.4, 0.5) is 0 Å². The van der Waals surface area contributed by atoms with Gasteiger partial charge in [-0.25, -0.2) is 0 Å². The maximum absolute atomic E-state index is 11.7. The number of nitrogens with one attached hydrogen (secondary N) is 1. The lowest BCUT2D eigenvalue weighted by molar-refractivity contribution is 0.274. The second-order valence-electron chi connectivity index (χ2n) is 5.03. The molecule has 0 aliphatic carbocycles. The number of H-pyrrole nitrogens is 1. The lowest BCUT2D eigenvalue weighted by Gasteiger charge is -2.08. The minimum Gasteiger partial charge on any atom is -0.483 e. The SMILES string of the molecule is CC(C)c1ccc(COc2c[nH]c(CO)cc2=O)cc1. The third-order valence-electron chi connectivity index (χ3n) is 3.15. The van der Waals surface area contributed by atoms with Crippen LogP contribution in [0, 0.1) is 0 Å². The summed E-state index contributed by atoms with van der Waals surface area (Å²) in [6.45, 7) is 4.45. The minimum absolute atomic E-state index is 0.188. The van der Waals surface area contributed by atoms with E-state index in [9.17, 15) is 4.79 Å². The van der Waals surface area contributed by atoms with Crippen molar-refractivity contribution in [3.63, 3.8) is 0 Å². The summed E-state index contributed by atoms with van der Waals surface area (Å²) in [5, 5.41) is 8.92. The number of rotatable bonds is 5. The zero-order valence-electron chi connectivity index (χ0n) is 11.7. The molecule has 0 amide bonds. The van der Waals surface area contributed by atoms with Crippen molar-refractivity contribution in [3.05, 3.63) is 63.6 Å². The molecular weight excluding hydrogens is 254 g/mol. The Hall–Kier alpha value is -2.07. The largest absolute Gasteiger partial charge is 0.483 e. The first-order valence-corrected chi connectivity index (χ1v) is 6.64. The summed E-state index contributed by atoms with van der Waals surface area (Å²) in [6.07, 6.45) is 1.48. The number of benzene rings is 1. The quantitative estimate of drug-likeness (QED) is 0.880. The number of aromatic amines is 1. The van der Waals surface area contributed by atoms with Crippen molar-refractivity contribution >= 4 is 0 Å². The first-order chi connectivity index (χ1) is 9.60. The topological polar surface area (TPSA) is 62.3 Å². The highest BCUT2D eigenvalue weighted by Gasteiger charge is 2.03. The highest BCUT2D eigenvalue weighted by atomic mass is 16.5. The number of aliphatic hydroxyl groups is 1. The molecule has 0 aliphatic heterocycles. The highest BCUT2D eigenvalue weighted by Crippen LogP contribution is 2.15. The molecule has 0 unspecified atom stereocenters. The second kappa shape index (κ2) is 6.39. The van der Waals surface area contributed by atoms with Crippen molar-refractivity contribution in [2.75, 3.05) is 0 Å². The maximum Gasteiger partial charge on any atom is 0.223 e. The summed E-state index contributed by atoms with van der Waals surface area (Å²) in [7, 11) is 0. The van der Waals surface area contributed by atoms with Crippen molar-refractivity contribution in [3.8, 4) is 5.75 Å². The van der Waals surface area contributed by atoms with E-state index in [4.69, 9.17) is 9.84 Å². The van der Waals surface area contributed by atoms with E-state index in [0.717, 1.165) is 5.56 Å². The highest BCUT2D eigenvalue weighted by molar-refractivity contribution is 5.25. The van der Waals surface area contributed by atoms with Gasteiger partial charge in [0.05, 0.1) is 6.61 Å². The molecule has 0 radical (unpaired) electrons. The summed E-state index contributed by atoms with van der Waals surface area (Å²) < 4.78 is 5.50. The Labute approximate surface area is 118 Å². The van der Waals surface area contributed by atoms with E-state index in [0.29, 0.717) is 18.2 Å². The molecule has 4 nitrogen and oxygen atoms in total. The van der Waals surface area contributed by atoms with Crippen molar-refractivity contribution in [2.45, 2.75) is 33.0 Å². The molecule has 0 atom stereocenters. The maximum atomic E-state index is 11.7. The second-order valence-corrected chi connectivity index (χ2v) is 5.03. The standard InChI is InChI=1S/C16H19NO3/c1-11(2)13-5-3-12(4-6-13)10-20-16-8-17-14(9-18)7-15(16)19/h3-8,11,18H,9-10H2,1-2H3,(H,17,19). The van der Waals surface area contributed by atoms with E-state index in [2.05, 4.69) is 31.0 Å². The molecular formula is C16H19NO3. The van der Waals surface area contributed by atoms with Crippen LogP contribution in [0.5, 0.6) is 5.75 Å². The molecule has 1 aromatic carbocycles. The van der Waals surface area contributed by atoms with Crippen LogP contribution in [-0.4, -0.2) is 10.1 Å². The van der Waals surface area contributed by atoms with Gasteiger partial charge in [0.15, 0.2) is 5.75 Å². The van der Waals surface area contributed by atoms with Gasteiger partial charge in [0.1, 0.15) is 6.61 Å². The molecule has 1 aromatic heterocycles. The van der Waals surface area contributed by atoms with Crippen LogP contribution in [0.1, 0.15) is 36.6 Å². The minimum atomic E-state index is -0.230. The molecule has 0 fully saturated rings. The summed E-state index contributed by atoms with van der Waals surface area (Å²) >= 11 is 0. The van der Waals surface area contributed by atoms with Crippen LogP contribution < -0.4 is 10.2 Å². The Balaban J connectivity index is 2.03. The molecule has 1 heterocycles. The molecule has 2 aromatic rings.